The predicted molar refractivity (Wildman–Crippen MR) is 64.6 cm³/mol. The van der Waals surface area contributed by atoms with Gasteiger partial charge in [-0.1, -0.05) is 13.3 Å². The molecule has 0 radical (unpaired) electrons. The van der Waals surface area contributed by atoms with E-state index in [0.29, 0.717) is 19.1 Å². The molecule has 0 aromatic heterocycles. The molecule has 4 heteroatoms. The zero-order valence-electron chi connectivity index (χ0n) is 10.6. The van der Waals surface area contributed by atoms with Crippen LogP contribution in [0.4, 0.5) is 0 Å². The number of carbonyl (C=O) groups is 1. The molecule has 1 saturated heterocycles. The van der Waals surface area contributed by atoms with Gasteiger partial charge in [0.05, 0.1) is 12.7 Å². The minimum atomic E-state index is -0.233. The number of aliphatic hydroxyl groups excluding tert-OH is 1. The summed E-state index contributed by atoms with van der Waals surface area (Å²) in [4.78, 5) is 13.8. The number of nitrogens with zero attached hydrogens (tertiary/aromatic N) is 1. The average Bonchev–Trinajstić information content (AvgIpc) is 2.32. The molecule has 0 bridgehead atoms. The van der Waals surface area contributed by atoms with Crippen LogP contribution in [-0.2, 0) is 9.53 Å². The number of amides is 1. The van der Waals surface area contributed by atoms with Crippen LogP contribution in [0.15, 0.2) is 0 Å². The van der Waals surface area contributed by atoms with Crippen LogP contribution in [0.2, 0.25) is 0 Å². The first-order valence-corrected chi connectivity index (χ1v) is 6.77. The summed E-state index contributed by atoms with van der Waals surface area (Å²) in [6, 6.07) is 0.232. The molecule has 4 nitrogen and oxygen atoms in total. The topological polar surface area (TPSA) is 49.8 Å². The maximum absolute atomic E-state index is 11.9. The molecule has 2 aliphatic rings. The maximum atomic E-state index is 11.9. The molecule has 1 amide bonds. The highest BCUT2D eigenvalue weighted by molar-refractivity contribution is 5.78. The Morgan fingerprint density at radius 3 is 3.00 bits per heavy atom. The minimum Gasteiger partial charge on any atom is -0.393 e. The molecule has 17 heavy (non-hydrogen) atoms. The molecule has 2 rings (SSSR count). The van der Waals surface area contributed by atoms with Crippen LogP contribution in [0, 0.1) is 5.92 Å². The second-order valence-corrected chi connectivity index (χ2v) is 5.22. The summed E-state index contributed by atoms with van der Waals surface area (Å²) in [7, 11) is 0. The molecule has 1 N–H and O–H groups in total. The van der Waals surface area contributed by atoms with Crippen LogP contribution in [0.5, 0.6) is 0 Å². The van der Waals surface area contributed by atoms with Crippen LogP contribution in [0.25, 0.3) is 0 Å². The van der Waals surface area contributed by atoms with Crippen molar-refractivity contribution in [2.24, 2.45) is 5.92 Å². The largest absolute Gasteiger partial charge is 0.393 e. The standard InChI is InChI=1S/C13H23NO3/c1-2-3-10-4-5-11(15)8-12(10)14-6-7-17-9-13(14)16/h10-12,15H,2-9H2,1H3. The van der Waals surface area contributed by atoms with E-state index in [9.17, 15) is 9.90 Å². The summed E-state index contributed by atoms with van der Waals surface area (Å²) in [6.07, 6.45) is 4.75. The second-order valence-electron chi connectivity index (χ2n) is 5.22. The number of rotatable bonds is 3. The molecular formula is C13H23NO3. The van der Waals surface area contributed by atoms with Gasteiger partial charge in [0.15, 0.2) is 0 Å². The summed E-state index contributed by atoms with van der Waals surface area (Å²) in [5, 5.41) is 9.81. The summed E-state index contributed by atoms with van der Waals surface area (Å²) in [5.41, 5.74) is 0. The van der Waals surface area contributed by atoms with Crippen molar-refractivity contribution in [1.29, 1.82) is 0 Å². The number of carbonyl (C=O) groups excluding carboxylic acids is 1. The molecule has 1 heterocycles. The van der Waals surface area contributed by atoms with Gasteiger partial charge < -0.3 is 14.7 Å². The van der Waals surface area contributed by atoms with E-state index in [1.54, 1.807) is 0 Å². The SMILES string of the molecule is CCCC1CCC(O)CC1N1CCOCC1=O. The van der Waals surface area contributed by atoms with E-state index in [0.717, 1.165) is 32.1 Å². The van der Waals surface area contributed by atoms with Gasteiger partial charge in [0, 0.05) is 12.6 Å². The lowest BCUT2D eigenvalue weighted by Gasteiger charge is -2.43. The zero-order chi connectivity index (χ0) is 12.3. The van der Waals surface area contributed by atoms with E-state index in [2.05, 4.69) is 6.92 Å². The van der Waals surface area contributed by atoms with Gasteiger partial charge in [0.2, 0.25) is 5.91 Å². The van der Waals surface area contributed by atoms with Crippen molar-refractivity contribution in [3.63, 3.8) is 0 Å². The summed E-state index contributed by atoms with van der Waals surface area (Å²) < 4.78 is 5.17. The van der Waals surface area contributed by atoms with Gasteiger partial charge in [0.25, 0.3) is 0 Å². The van der Waals surface area contributed by atoms with Gasteiger partial charge in [-0.25, -0.2) is 0 Å². The Hall–Kier alpha value is -0.610. The number of morpholine rings is 1. The number of hydrogen-bond donors (Lipinski definition) is 1. The van der Waals surface area contributed by atoms with Crippen molar-refractivity contribution in [3.8, 4) is 0 Å². The van der Waals surface area contributed by atoms with Gasteiger partial charge in [-0.3, -0.25) is 4.79 Å². The first kappa shape index (κ1) is 12.8. The van der Waals surface area contributed by atoms with E-state index in [1.807, 2.05) is 4.90 Å². The van der Waals surface area contributed by atoms with Gasteiger partial charge >= 0.3 is 0 Å². The first-order valence-electron chi connectivity index (χ1n) is 6.77. The highest BCUT2D eigenvalue weighted by atomic mass is 16.5. The Morgan fingerprint density at radius 1 is 1.47 bits per heavy atom. The molecule has 0 aromatic rings. The maximum Gasteiger partial charge on any atom is 0.248 e. The Labute approximate surface area is 103 Å². The summed E-state index contributed by atoms with van der Waals surface area (Å²) >= 11 is 0. The smallest absolute Gasteiger partial charge is 0.248 e. The highest BCUT2D eigenvalue weighted by Gasteiger charge is 2.36. The molecule has 0 spiro atoms. The number of hydrogen-bond acceptors (Lipinski definition) is 3. The fraction of sp³-hybridized carbons (Fsp3) is 0.923. The molecule has 1 aliphatic heterocycles. The van der Waals surface area contributed by atoms with E-state index in [-0.39, 0.29) is 24.7 Å². The molecule has 0 aromatic carbocycles. The minimum absolute atomic E-state index is 0.0939. The van der Waals surface area contributed by atoms with Crippen molar-refractivity contribution >= 4 is 5.91 Å². The molecule has 3 atom stereocenters. The summed E-state index contributed by atoms with van der Waals surface area (Å²) in [5.74, 6) is 0.655. The third-order valence-corrected chi connectivity index (χ3v) is 4.01. The zero-order valence-corrected chi connectivity index (χ0v) is 10.6. The normalized spacial score (nSPS) is 35.1. The number of ether oxygens (including phenoxy) is 1. The second kappa shape index (κ2) is 5.83. The third kappa shape index (κ3) is 2.99. The van der Waals surface area contributed by atoms with Crippen LogP contribution >= 0.6 is 0 Å². The van der Waals surface area contributed by atoms with Crippen molar-refractivity contribution in [2.75, 3.05) is 19.8 Å². The molecule has 98 valence electrons. The fourth-order valence-corrected chi connectivity index (χ4v) is 3.16. The molecule has 1 aliphatic carbocycles. The Balaban J connectivity index is 2.04. The third-order valence-electron chi connectivity index (χ3n) is 4.01. The Kier molecular flexibility index (Phi) is 4.40. The van der Waals surface area contributed by atoms with Gasteiger partial charge in [-0.05, 0) is 31.6 Å². The highest BCUT2D eigenvalue weighted by Crippen LogP contribution is 2.32. The van der Waals surface area contributed by atoms with Crippen LogP contribution < -0.4 is 0 Å². The van der Waals surface area contributed by atoms with Gasteiger partial charge in [-0.15, -0.1) is 0 Å². The molecule has 1 saturated carbocycles. The molecule has 3 unspecified atom stereocenters. The molecule has 2 fully saturated rings. The van der Waals surface area contributed by atoms with Crippen molar-refractivity contribution in [3.05, 3.63) is 0 Å². The lowest BCUT2D eigenvalue weighted by atomic mass is 9.79. The van der Waals surface area contributed by atoms with E-state index >= 15 is 0 Å². The average molecular weight is 241 g/mol. The van der Waals surface area contributed by atoms with Crippen molar-refractivity contribution in [2.45, 2.75) is 51.2 Å². The van der Waals surface area contributed by atoms with Crippen LogP contribution in [0.1, 0.15) is 39.0 Å². The van der Waals surface area contributed by atoms with Gasteiger partial charge in [0.1, 0.15) is 6.61 Å². The van der Waals surface area contributed by atoms with Crippen LogP contribution in [0.3, 0.4) is 0 Å². The van der Waals surface area contributed by atoms with Crippen LogP contribution in [-0.4, -0.2) is 47.8 Å². The predicted octanol–water partition coefficient (Wildman–Crippen LogP) is 1.17. The van der Waals surface area contributed by atoms with Crippen molar-refractivity contribution in [1.82, 2.24) is 4.90 Å². The lowest BCUT2D eigenvalue weighted by Crippen LogP contribution is -2.53. The van der Waals surface area contributed by atoms with Crippen molar-refractivity contribution < 1.29 is 14.6 Å². The van der Waals surface area contributed by atoms with E-state index in [4.69, 9.17) is 4.74 Å². The fourth-order valence-electron chi connectivity index (χ4n) is 3.16. The summed E-state index contributed by atoms with van der Waals surface area (Å²) in [6.45, 7) is 3.72. The van der Waals surface area contributed by atoms with E-state index in [1.165, 1.54) is 0 Å². The number of aliphatic hydroxyl groups is 1. The first-order chi connectivity index (χ1) is 8.22. The Bertz CT molecular complexity index is 269. The Morgan fingerprint density at radius 2 is 2.29 bits per heavy atom. The van der Waals surface area contributed by atoms with E-state index < -0.39 is 0 Å². The quantitative estimate of drug-likeness (QED) is 0.807. The lowest BCUT2D eigenvalue weighted by molar-refractivity contribution is -0.149. The molecular weight excluding hydrogens is 218 g/mol. The monoisotopic (exact) mass is 241 g/mol. The van der Waals surface area contributed by atoms with Gasteiger partial charge in [-0.2, -0.15) is 0 Å².